The van der Waals surface area contributed by atoms with Crippen LogP contribution >= 0.6 is 9.03 Å². The molecule has 1 aliphatic rings. The van der Waals surface area contributed by atoms with Gasteiger partial charge in [0.25, 0.3) is 0 Å². The first-order valence-corrected chi connectivity index (χ1v) is 8.58. The van der Waals surface area contributed by atoms with Gasteiger partial charge in [-0.3, -0.25) is 0 Å². The molecule has 4 aromatic rings. The Labute approximate surface area is 136 Å². The first-order valence-electron chi connectivity index (χ1n) is 7.77. The van der Waals surface area contributed by atoms with Gasteiger partial charge < -0.3 is 9.05 Å². The lowest BCUT2D eigenvalue weighted by Gasteiger charge is -2.14. The van der Waals surface area contributed by atoms with Gasteiger partial charge in [-0.25, -0.2) is 0 Å². The molecule has 0 bridgehead atoms. The van der Waals surface area contributed by atoms with Crippen LogP contribution in [-0.4, -0.2) is 6.61 Å². The fourth-order valence-corrected chi connectivity index (χ4v) is 4.09. The van der Waals surface area contributed by atoms with Gasteiger partial charge in [0.1, 0.15) is 6.10 Å². The van der Waals surface area contributed by atoms with Crippen LogP contribution in [0.5, 0.6) is 0 Å². The van der Waals surface area contributed by atoms with Gasteiger partial charge in [0.2, 0.25) is 0 Å². The molecule has 3 heteroatoms. The van der Waals surface area contributed by atoms with Gasteiger partial charge in [0.15, 0.2) is 9.03 Å². The van der Waals surface area contributed by atoms with E-state index in [1.807, 2.05) is 0 Å². The fourth-order valence-electron chi connectivity index (χ4n) is 3.49. The van der Waals surface area contributed by atoms with Crippen LogP contribution in [0.2, 0.25) is 0 Å². The van der Waals surface area contributed by atoms with Crippen LogP contribution in [0.25, 0.3) is 32.3 Å². The minimum Gasteiger partial charge on any atom is -0.333 e. The molecule has 0 N–H and O–H groups in total. The van der Waals surface area contributed by atoms with Crippen molar-refractivity contribution in [2.75, 3.05) is 6.61 Å². The molecule has 23 heavy (non-hydrogen) atoms. The van der Waals surface area contributed by atoms with Crippen molar-refractivity contribution in [1.29, 1.82) is 0 Å². The molecule has 2 atom stereocenters. The average Bonchev–Trinajstić information content (AvgIpc) is 3.14. The highest BCUT2D eigenvalue weighted by atomic mass is 31.1. The second-order valence-corrected chi connectivity index (χ2v) is 6.62. The third-order valence-corrected chi connectivity index (χ3v) is 5.25. The predicted octanol–water partition coefficient (Wildman–Crippen LogP) is 5.74. The molecule has 1 saturated heterocycles. The van der Waals surface area contributed by atoms with Crippen molar-refractivity contribution in [1.82, 2.24) is 0 Å². The van der Waals surface area contributed by atoms with Gasteiger partial charge in [0.05, 0.1) is 6.61 Å². The number of benzene rings is 4. The van der Waals surface area contributed by atoms with E-state index in [0.717, 1.165) is 0 Å². The largest absolute Gasteiger partial charge is 0.333 e. The maximum absolute atomic E-state index is 5.79. The maximum Gasteiger partial charge on any atom is 0.155 e. The van der Waals surface area contributed by atoms with E-state index in [1.165, 1.54) is 37.9 Å². The molecule has 0 amide bonds. The predicted molar refractivity (Wildman–Crippen MR) is 97.1 cm³/mol. The Balaban J connectivity index is 1.91. The van der Waals surface area contributed by atoms with Crippen molar-refractivity contribution in [3.05, 3.63) is 72.3 Å². The average molecular weight is 318 g/mol. The van der Waals surface area contributed by atoms with Gasteiger partial charge in [-0.1, -0.05) is 54.6 Å². The number of hydrogen-bond donors (Lipinski definition) is 0. The summed E-state index contributed by atoms with van der Waals surface area (Å²) in [6.07, 6.45) is 0.0362. The van der Waals surface area contributed by atoms with Crippen molar-refractivity contribution in [2.45, 2.75) is 6.10 Å². The SMILES string of the molecule is c1ccc2cc3c(ccc4cccc(C5COPO5)c43)cc2c1. The summed E-state index contributed by atoms with van der Waals surface area (Å²) < 4.78 is 11.2. The Morgan fingerprint density at radius 1 is 0.783 bits per heavy atom. The molecular formula is C20H15O2P. The van der Waals surface area contributed by atoms with Crippen molar-refractivity contribution in [2.24, 2.45) is 0 Å². The van der Waals surface area contributed by atoms with Crippen LogP contribution in [0.15, 0.2) is 66.7 Å². The lowest BCUT2D eigenvalue weighted by molar-refractivity contribution is 0.249. The van der Waals surface area contributed by atoms with Crippen LogP contribution in [0.3, 0.4) is 0 Å². The standard InChI is InChI=1S/C20H15O2P/c1-2-5-15-11-18-16(10-14(15)4-1)9-8-13-6-3-7-17(20(13)18)19-12-21-23-22-19/h1-11,19,23H,12H2. The van der Waals surface area contributed by atoms with Crippen molar-refractivity contribution in [3.8, 4) is 0 Å². The summed E-state index contributed by atoms with van der Waals surface area (Å²) in [4.78, 5) is 0. The van der Waals surface area contributed by atoms with Crippen LogP contribution in [0.1, 0.15) is 11.7 Å². The Kier molecular flexibility index (Phi) is 3.09. The first kappa shape index (κ1) is 13.4. The molecule has 2 unspecified atom stereocenters. The zero-order valence-corrected chi connectivity index (χ0v) is 13.5. The van der Waals surface area contributed by atoms with E-state index in [9.17, 15) is 0 Å². The summed E-state index contributed by atoms with van der Waals surface area (Å²) >= 11 is 0. The second kappa shape index (κ2) is 5.28. The molecule has 112 valence electrons. The van der Waals surface area contributed by atoms with Crippen molar-refractivity contribution >= 4 is 41.4 Å². The zero-order valence-electron chi connectivity index (χ0n) is 12.5. The molecule has 0 saturated carbocycles. The van der Waals surface area contributed by atoms with Crippen LogP contribution in [0, 0.1) is 0 Å². The molecule has 0 radical (unpaired) electrons. The number of fused-ring (bicyclic) bond motifs is 4. The molecule has 1 aliphatic heterocycles. The molecule has 0 aliphatic carbocycles. The molecule has 0 spiro atoms. The highest BCUT2D eigenvalue weighted by Gasteiger charge is 2.21. The maximum atomic E-state index is 5.79. The van der Waals surface area contributed by atoms with E-state index in [1.54, 1.807) is 0 Å². The lowest BCUT2D eigenvalue weighted by atomic mass is 9.93. The van der Waals surface area contributed by atoms with E-state index in [0.29, 0.717) is 6.61 Å². The third-order valence-electron chi connectivity index (χ3n) is 4.59. The monoisotopic (exact) mass is 318 g/mol. The lowest BCUT2D eigenvalue weighted by Crippen LogP contribution is -2.00. The molecule has 0 aromatic heterocycles. The van der Waals surface area contributed by atoms with E-state index in [2.05, 4.69) is 66.7 Å². The summed E-state index contributed by atoms with van der Waals surface area (Å²) in [6, 6.07) is 24.0. The van der Waals surface area contributed by atoms with Crippen LogP contribution in [-0.2, 0) is 9.05 Å². The second-order valence-electron chi connectivity index (χ2n) is 5.93. The smallest absolute Gasteiger partial charge is 0.155 e. The van der Waals surface area contributed by atoms with E-state index < -0.39 is 0 Å². The Hall–Kier alpha value is -1.99. The van der Waals surface area contributed by atoms with Crippen LogP contribution in [0.4, 0.5) is 0 Å². The van der Waals surface area contributed by atoms with Crippen molar-refractivity contribution in [3.63, 3.8) is 0 Å². The summed E-state index contributed by atoms with van der Waals surface area (Å²) in [5.74, 6) is 0. The minimum absolute atomic E-state index is 0.0362. The highest BCUT2D eigenvalue weighted by molar-refractivity contribution is 7.26. The first-order chi connectivity index (χ1) is 11.4. The topological polar surface area (TPSA) is 18.5 Å². The Morgan fingerprint density at radius 2 is 1.57 bits per heavy atom. The van der Waals surface area contributed by atoms with E-state index in [4.69, 9.17) is 9.05 Å². The number of hydrogen-bond acceptors (Lipinski definition) is 2. The third kappa shape index (κ3) is 2.14. The van der Waals surface area contributed by atoms with Gasteiger partial charge in [-0.15, -0.1) is 0 Å². The number of rotatable bonds is 1. The summed E-state index contributed by atoms with van der Waals surface area (Å²) in [6.45, 7) is 0.640. The summed E-state index contributed by atoms with van der Waals surface area (Å²) in [5.41, 5.74) is 1.23. The van der Waals surface area contributed by atoms with Gasteiger partial charge in [-0.05, 0) is 50.0 Å². The summed E-state index contributed by atoms with van der Waals surface area (Å²) in [7, 11) is 0.147. The van der Waals surface area contributed by atoms with Gasteiger partial charge in [0, 0.05) is 0 Å². The summed E-state index contributed by atoms with van der Waals surface area (Å²) in [5, 5.41) is 7.65. The minimum atomic E-state index is 0.0362. The van der Waals surface area contributed by atoms with E-state index >= 15 is 0 Å². The van der Waals surface area contributed by atoms with Crippen molar-refractivity contribution < 1.29 is 9.05 Å². The van der Waals surface area contributed by atoms with Crippen LogP contribution < -0.4 is 0 Å². The molecule has 1 fully saturated rings. The molecule has 1 heterocycles. The zero-order chi connectivity index (χ0) is 15.2. The quantitative estimate of drug-likeness (QED) is 0.253. The fraction of sp³-hybridized carbons (Fsp3) is 0.100. The molecule has 2 nitrogen and oxygen atoms in total. The Bertz CT molecular complexity index is 1040. The Morgan fingerprint density at radius 3 is 2.39 bits per heavy atom. The van der Waals surface area contributed by atoms with E-state index in [-0.39, 0.29) is 15.1 Å². The molecular weight excluding hydrogens is 303 g/mol. The van der Waals surface area contributed by atoms with Gasteiger partial charge >= 0.3 is 0 Å². The molecule has 5 rings (SSSR count). The normalized spacial score (nSPS) is 19.2. The molecule has 4 aromatic carbocycles. The van der Waals surface area contributed by atoms with Gasteiger partial charge in [-0.2, -0.15) is 0 Å². The highest BCUT2D eigenvalue weighted by Crippen LogP contribution is 2.41.